The van der Waals surface area contributed by atoms with Crippen molar-refractivity contribution in [2.24, 2.45) is 0 Å². The minimum absolute atomic E-state index is 0.0974. The minimum atomic E-state index is -0.0974. The average molecular weight is 252 g/mol. The van der Waals surface area contributed by atoms with E-state index in [0.29, 0.717) is 11.3 Å². The number of nitrogen functional groups attached to an aromatic ring is 1. The van der Waals surface area contributed by atoms with Crippen LogP contribution in [-0.2, 0) is 6.42 Å². The molecule has 3 nitrogen and oxygen atoms in total. The van der Waals surface area contributed by atoms with Crippen molar-refractivity contribution in [1.29, 1.82) is 0 Å². The summed E-state index contributed by atoms with van der Waals surface area (Å²) in [5.41, 5.74) is 9.45. The Morgan fingerprint density at radius 3 is 2.68 bits per heavy atom. The summed E-state index contributed by atoms with van der Waals surface area (Å²) in [6, 6.07) is 15.5. The number of hydrogen-bond acceptors (Lipinski definition) is 2. The monoisotopic (exact) mass is 252 g/mol. The Morgan fingerprint density at radius 1 is 1.11 bits per heavy atom. The van der Waals surface area contributed by atoms with Gasteiger partial charge in [-0.1, -0.05) is 36.4 Å². The van der Waals surface area contributed by atoms with Crippen LogP contribution in [0, 0.1) is 0 Å². The van der Waals surface area contributed by atoms with Crippen LogP contribution in [0.4, 0.5) is 5.69 Å². The molecule has 3 N–H and O–H groups in total. The zero-order valence-electron chi connectivity index (χ0n) is 10.6. The molecule has 2 aromatic rings. The predicted octanol–water partition coefficient (Wildman–Crippen LogP) is 2.69. The molecule has 0 aliphatic heterocycles. The van der Waals surface area contributed by atoms with Crippen molar-refractivity contribution in [2.45, 2.75) is 18.9 Å². The van der Waals surface area contributed by atoms with Gasteiger partial charge in [-0.2, -0.15) is 0 Å². The SMILES string of the molecule is Nc1ccccc1C(=O)NC1CCc2ccccc21. The Bertz CT molecular complexity index is 622. The van der Waals surface area contributed by atoms with Crippen molar-refractivity contribution < 1.29 is 4.79 Å². The second kappa shape index (κ2) is 4.76. The highest BCUT2D eigenvalue weighted by molar-refractivity contribution is 5.99. The number of carbonyl (C=O) groups excluding carboxylic acids is 1. The van der Waals surface area contributed by atoms with E-state index in [2.05, 4.69) is 17.4 Å². The van der Waals surface area contributed by atoms with E-state index in [9.17, 15) is 4.79 Å². The first-order chi connectivity index (χ1) is 9.25. The van der Waals surface area contributed by atoms with Gasteiger partial charge in [-0.05, 0) is 36.1 Å². The molecule has 3 rings (SSSR count). The fourth-order valence-corrected chi connectivity index (χ4v) is 2.65. The Morgan fingerprint density at radius 2 is 1.84 bits per heavy atom. The topological polar surface area (TPSA) is 55.1 Å². The number of rotatable bonds is 2. The smallest absolute Gasteiger partial charge is 0.253 e. The van der Waals surface area contributed by atoms with E-state index in [1.54, 1.807) is 12.1 Å². The number of nitrogens with two attached hydrogens (primary N) is 1. The van der Waals surface area contributed by atoms with Crippen LogP contribution >= 0.6 is 0 Å². The highest BCUT2D eigenvalue weighted by Crippen LogP contribution is 2.31. The van der Waals surface area contributed by atoms with Crippen LogP contribution < -0.4 is 11.1 Å². The Hall–Kier alpha value is -2.29. The quantitative estimate of drug-likeness (QED) is 0.807. The van der Waals surface area contributed by atoms with Crippen molar-refractivity contribution in [3.8, 4) is 0 Å². The lowest BCUT2D eigenvalue weighted by Gasteiger charge is -2.15. The molecule has 3 heteroatoms. The fraction of sp³-hybridized carbons (Fsp3) is 0.188. The van der Waals surface area contributed by atoms with Gasteiger partial charge in [0.2, 0.25) is 0 Å². The molecular weight excluding hydrogens is 236 g/mol. The fourth-order valence-electron chi connectivity index (χ4n) is 2.65. The number of anilines is 1. The van der Waals surface area contributed by atoms with Gasteiger partial charge < -0.3 is 11.1 Å². The number of fused-ring (bicyclic) bond motifs is 1. The molecule has 1 aliphatic rings. The summed E-state index contributed by atoms with van der Waals surface area (Å²) in [5.74, 6) is -0.0974. The first-order valence-electron chi connectivity index (χ1n) is 6.49. The lowest BCUT2D eigenvalue weighted by Crippen LogP contribution is -2.27. The van der Waals surface area contributed by atoms with E-state index in [4.69, 9.17) is 5.73 Å². The molecule has 0 aromatic heterocycles. The molecule has 1 aliphatic carbocycles. The molecule has 0 fully saturated rings. The van der Waals surface area contributed by atoms with Gasteiger partial charge in [0.05, 0.1) is 11.6 Å². The summed E-state index contributed by atoms with van der Waals surface area (Å²) in [7, 11) is 0. The first kappa shape index (κ1) is 11.8. The standard InChI is InChI=1S/C16H16N2O/c17-14-8-4-3-7-13(14)16(19)18-15-10-9-11-5-1-2-6-12(11)15/h1-8,15H,9-10,17H2,(H,18,19). The van der Waals surface area contributed by atoms with E-state index in [-0.39, 0.29) is 11.9 Å². The van der Waals surface area contributed by atoms with Crippen molar-refractivity contribution in [3.05, 3.63) is 65.2 Å². The first-order valence-corrected chi connectivity index (χ1v) is 6.49. The lowest BCUT2D eigenvalue weighted by molar-refractivity contribution is 0.0937. The molecule has 1 amide bonds. The lowest BCUT2D eigenvalue weighted by atomic mass is 10.1. The second-order valence-corrected chi connectivity index (χ2v) is 4.85. The number of hydrogen-bond donors (Lipinski definition) is 2. The third-order valence-corrected chi connectivity index (χ3v) is 3.64. The maximum atomic E-state index is 12.2. The summed E-state index contributed by atoms with van der Waals surface area (Å²) >= 11 is 0. The predicted molar refractivity (Wildman–Crippen MR) is 75.8 cm³/mol. The summed E-state index contributed by atoms with van der Waals surface area (Å²) in [4.78, 5) is 12.2. The van der Waals surface area contributed by atoms with Gasteiger partial charge in [0.1, 0.15) is 0 Å². The summed E-state index contributed by atoms with van der Waals surface area (Å²) < 4.78 is 0. The van der Waals surface area contributed by atoms with E-state index < -0.39 is 0 Å². The maximum Gasteiger partial charge on any atom is 0.253 e. The molecule has 96 valence electrons. The minimum Gasteiger partial charge on any atom is -0.398 e. The van der Waals surface area contributed by atoms with Gasteiger partial charge >= 0.3 is 0 Å². The molecule has 1 unspecified atom stereocenters. The van der Waals surface area contributed by atoms with Crippen LogP contribution in [0.1, 0.15) is 33.9 Å². The third kappa shape index (κ3) is 2.19. The second-order valence-electron chi connectivity index (χ2n) is 4.85. The normalized spacial score (nSPS) is 16.9. The zero-order chi connectivity index (χ0) is 13.2. The van der Waals surface area contributed by atoms with Gasteiger partial charge in [-0.15, -0.1) is 0 Å². The van der Waals surface area contributed by atoms with Gasteiger partial charge in [0, 0.05) is 5.69 Å². The average Bonchev–Trinajstić information content (AvgIpc) is 2.83. The van der Waals surface area contributed by atoms with Crippen molar-refractivity contribution in [2.75, 3.05) is 5.73 Å². The highest BCUT2D eigenvalue weighted by atomic mass is 16.1. The number of carbonyl (C=O) groups is 1. The van der Waals surface area contributed by atoms with E-state index in [0.717, 1.165) is 12.8 Å². The number of para-hydroxylation sites is 1. The third-order valence-electron chi connectivity index (χ3n) is 3.64. The molecule has 2 aromatic carbocycles. The van der Waals surface area contributed by atoms with Gasteiger partial charge in [-0.25, -0.2) is 0 Å². The maximum absolute atomic E-state index is 12.2. The molecule has 0 bridgehead atoms. The largest absolute Gasteiger partial charge is 0.398 e. The number of nitrogens with one attached hydrogen (secondary N) is 1. The van der Waals surface area contributed by atoms with Gasteiger partial charge in [0.15, 0.2) is 0 Å². The van der Waals surface area contributed by atoms with Crippen LogP contribution in [0.3, 0.4) is 0 Å². The molecule has 19 heavy (non-hydrogen) atoms. The molecule has 0 radical (unpaired) electrons. The Balaban J connectivity index is 1.81. The van der Waals surface area contributed by atoms with Crippen LogP contribution in [-0.4, -0.2) is 5.91 Å². The van der Waals surface area contributed by atoms with Crippen LogP contribution in [0.5, 0.6) is 0 Å². The highest BCUT2D eigenvalue weighted by Gasteiger charge is 2.24. The molecule has 1 atom stereocenters. The Labute approximate surface area is 112 Å². The molecule has 0 spiro atoms. The molecule has 0 saturated heterocycles. The van der Waals surface area contributed by atoms with Crippen LogP contribution in [0.25, 0.3) is 0 Å². The van der Waals surface area contributed by atoms with E-state index in [1.165, 1.54) is 11.1 Å². The van der Waals surface area contributed by atoms with Crippen LogP contribution in [0.15, 0.2) is 48.5 Å². The van der Waals surface area contributed by atoms with Gasteiger partial charge in [0.25, 0.3) is 5.91 Å². The summed E-state index contributed by atoms with van der Waals surface area (Å²) in [6.07, 6.45) is 1.98. The van der Waals surface area contributed by atoms with Crippen molar-refractivity contribution in [1.82, 2.24) is 5.32 Å². The molecular formula is C16H16N2O. The molecule has 0 heterocycles. The number of benzene rings is 2. The number of aryl methyl sites for hydroxylation is 1. The summed E-state index contributed by atoms with van der Waals surface area (Å²) in [6.45, 7) is 0. The van der Waals surface area contributed by atoms with E-state index >= 15 is 0 Å². The summed E-state index contributed by atoms with van der Waals surface area (Å²) in [5, 5.41) is 3.07. The van der Waals surface area contributed by atoms with Crippen LogP contribution in [0.2, 0.25) is 0 Å². The molecule has 0 saturated carbocycles. The zero-order valence-corrected chi connectivity index (χ0v) is 10.6. The Kier molecular flexibility index (Phi) is 2.95. The van der Waals surface area contributed by atoms with E-state index in [1.807, 2.05) is 24.3 Å². The van der Waals surface area contributed by atoms with Crippen molar-refractivity contribution in [3.63, 3.8) is 0 Å². The van der Waals surface area contributed by atoms with Gasteiger partial charge in [-0.3, -0.25) is 4.79 Å². The number of amides is 1. The van der Waals surface area contributed by atoms with Crippen molar-refractivity contribution >= 4 is 11.6 Å².